The Morgan fingerprint density at radius 1 is 1.44 bits per heavy atom. The van der Waals surface area contributed by atoms with E-state index in [1.165, 1.54) is 0 Å². The molecule has 5 heteroatoms. The summed E-state index contributed by atoms with van der Waals surface area (Å²) in [5, 5.41) is 5.61. The smallest absolute Gasteiger partial charge is 0.407 e. The van der Waals surface area contributed by atoms with Crippen LogP contribution in [0.25, 0.3) is 10.6 Å². The number of carbonyl (C=O) groups is 1. The molecule has 0 radical (unpaired) electrons. The van der Waals surface area contributed by atoms with Crippen molar-refractivity contribution in [3.63, 3.8) is 0 Å². The molecule has 0 spiro atoms. The monoisotopic (exact) mass is 262 g/mol. The van der Waals surface area contributed by atoms with E-state index in [1.807, 2.05) is 29.6 Å². The van der Waals surface area contributed by atoms with Gasteiger partial charge in [0.05, 0.1) is 6.61 Å². The minimum Gasteiger partial charge on any atom is -0.450 e. The molecule has 18 heavy (non-hydrogen) atoms. The summed E-state index contributed by atoms with van der Waals surface area (Å²) in [6.45, 7) is 2.59. The molecule has 1 amide bonds. The number of nitrogens with zero attached hydrogens (tertiary/aromatic N) is 1. The Bertz CT molecular complexity index is 511. The van der Waals surface area contributed by atoms with Crippen molar-refractivity contribution < 1.29 is 9.53 Å². The Hall–Kier alpha value is -1.88. The van der Waals surface area contributed by atoms with Crippen LogP contribution in [0.15, 0.2) is 35.8 Å². The van der Waals surface area contributed by atoms with Gasteiger partial charge in [0.1, 0.15) is 5.01 Å². The van der Waals surface area contributed by atoms with Crippen LogP contribution in [0.1, 0.15) is 12.5 Å². The minimum atomic E-state index is -0.397. The average molecular weight is 262 g/mol. The van der Waals surface area contributed by atoms with E-state index in [2.05, 4.69) is 10.3 Å². The molecule has 0 saturated carbocycles. The van der Waals surface area contributed by atoms with Crippen molar-refractivity contribution in [1.82, 2.24) is 10.3 Å². The molecule has 1 N–H and O–H groups in total. The lowest BCUT2D eigenvalue weighted by molar-refractivity contribution is 0.151. The van der Waals surface area contributed by atoms with Gasteiger partial charge in [0.25, 0.3) is 0 Å². The second-order valence-electron chi connectivity index (χ2n) is 3.57. The van der Waals surface area contributed by atoms with Crippen LogP contribution in [0, 0.1) is 0 Å². The topological polar surface area (TPSA) is 51.2 Å². The first kappa shape index (κ1) is 12.6. The number of hydrogen-bond acceptors (Lipinski definition) is 4. The third-order valence-corrected chi connectivity index (χ3v) is 3.19. The highest BCUT2D eigenvalue weighted by molar-refractivity contribution is 7.13. The maximum atomic E-state index is 11.3. The first-order valence-electron chi connectivity index (χ1n) is 5.69. The minimum absolute atomic E-state index is 0.375. The summed E-state index contributed by atoms with van der Waals surface area (Å²) in [5.41, 5.74) is 2.07. The highest BCUT2D eigenvalue weighted by Crippen LogP contribution is 2.25. The zero-order valence-electron chi connectivity index (χ0n) is 10.1. The fourth-order valence-electron chi connectivity index (χ4n) is 1.59. The van der Waals surface area contributed by atoms with Gasteiger partial charge in [-0.1, -0.05) is 24.3 Å². The molecule has 1 heterocycles. The predicted molar refractivity (Wildman–Crippen MR) is 71.4 cm³/mol. The summed E-state index contributed by atoms with van der Waals surface area (Å²) >= 11 is 1.58. The largest absolute Gasteiger partial charge is 0.450 e. The Balaban J connectivity index is 2.11. The number of thiazole rings is 1. The fraction of sp³-hybridized carbons (Fsp3) is 0.231. The number of amides is 1. The molecular formula is C13H14N2O2S. The van der Waals surface area contributed by atoms with Crippen LogP contribution in [0.2, 0.25) is 0 Å². The van der Waals surface area contributed by atoms with E-state index in [4.69, 9.17) is 4.74 Å². The summed E-state index contributed by atoms with van der Waals surface area (Å²) < 4.78 is 4.83. The molecule has 1 aromatic carbocycles. The van der Waals surface area contributed by atoms with Gasteiger partial charge in [0, 0.05) is 23.7 Å². The van der Waals surface area contributed by atoms with Crippen molar-refractivity contribution in [1.29, 1.82) is 0 Å². The van der Waals surface area contributed by atoms with Gasteiger partial charge >= 0.3 is 6.09 Å². The highest BCUT2D eigenvalue weighted by atomic mass is 32.1. The first-order chi connectivity index (χ1) is 8.81. The molecule has 0 aliphatic heterocycles. The summed E-state index contributed by atoms with van der Waals surface area (Å²) in [6, 6.07) is 7.88. The van der Waals surface area contributed by atoms with Gasteiger partial charge in [-0.05, 0) is 12.5 Å². The molecular weight excluding hydrogens is 248 g/mol. The zero-order valence-corrected chi connectivity index (χ0v) is 10.9. The quantitative estimate of drug-likeness (QED) is 0.921. The molecule has 0 atom stereocenters. The zero-order chi connectivity index (χ0) is 12.8. The summed E-state index contributed by atoms with van der Waals surface area (Å²) in [6.07, 6.45) is 1.38. The summed E-state index contributed by atoms with van der Waals surface area (Å²) in [7, 11) is 0. The normalized spacial score (nSPS) is 10.1. The number of hydrogen-bond donors (Lipinski definition) is 1. The van der Waals surface area contributed by atoms with Crippen LogP contribution in [0.3, 0.4) is 0 Å². The predicted octanol–water partition coefficient (Wildman–Crippen LogP) is 3.06. The Kier molecular flexibility index (Phi) is 4.30. The maximum Gasteiger partial charge on any atom is 0.407 e. The number of aromatic nitrogens is 1. The standard InChI is InChI=1S/C13H14N2O2S/c1-2-17-13(16)15-9-10-5-3-4-6-11(10)12-14-7-8-18-12/h3-8H,2,9H2,1H3,(H,15,16). The van der Waals surface area contributed by atoms with Gasteiger partial charge in [-0.3, -0.25) is 0 Å². The van der Waals surface area contributed by atoms with Gasteiger partial charge in [-0.15, -0.1) is 11.3 Å². The Labute approximate surface area is 110 Å². The molecule has 0 aliphatic carbocycles. The number of benzene rings is 1. The molecule has 2 rings (SSSR count). The Morgan fingerprint density at radius 3 is 3.00 bits per heavy atom. The molecule has 0 saturated heterocycles. The van der Waals surface area contributed by atoms with Crippen LogP contribution < -0.4 is 5.32 Å². The third kappa shape index (κ3) is 3.07. The molecule has 94 valence electrons. The number of ether oxygens (including phenoxy) is 1. The second kappa shape index (κ2) is 6.16. The second-order valence-corrected chi connectivity index (χ2v) is 4.46. The van der Waals surface area contributed by atoms with Gasteiger partial charge in [0.2, 0.25) is 0 Å². The van der Waals surface area contributed by atoms with Crippen LogP contribution >= 0.6 is 11.3 Å². The van der Waals surface area contributed by atoms with Crippen molar-refractivity contribution in [3.8, 4) is 10.6 Å². The maximum absolute atomic E-state index is 11.3. The number of rotatable bonds is 4. The van der Waals surface area contributed by atoms with Gasteiger partial charge in [-0.25, -0.2) is 9.78 Å². The van der Waals surface area contributed by atoms with Gasteiger partial charge < -0.3 is 10.1 Å². The van der Waals surface area contributed by atoms with E-state index >= 15 is 0 Å². The highest BCUT2D eigenvalue weighted by Gasteiger charge is 2.08. The lowest BCUT2D eigenvalue weighted by Crippen LogP contribution is -2.23. The summed E-state index contributed by atoms with van der Waals surface area (Å²) in [4.78, 5) is 15.6. The van der Waals surface area contributed by atoms with Gasteiger partial charge in [0.15, 0.2) is 0 Å². The molecule has 1 aromatic heterocycles. The van der Waals surface area contributed by atoms with E-state index in [-0.39, 0.29) is 0 Å². The molecule has 0 fully saturated rings. The number of alkyl carbamates (subject to hydrolysis) is 1. The van der Waals surface area contributed by atoms with Crippen molar-refractivity contribution in [2.24, 2.45) is 0 Å². The van der Waals surface area contributed by atoms with E-state index in [0.717, 1.165) is 16.1 Å². The lowest BCUT2D eigenvalue weighted by Gasteiger charge is -2.08. The van der Waals surface area contributed by atoms with E-state index in [9.17, 15) is 4.79 Å². The fourth-order valence-corrected chi connectivity index (χ4v) is 2.29. The SMILES string of the molecule is CCOC(=O)NCc1ccccc1-c1nccs1. The van der Waals surface area contributed by atoms with Crippen LogP contribution in [0.5, 0.6) is 0 Å². The van der Waals surface area contributed by atoms with Crippen molar-refractivity contribution in [2.45, 2.75) is 13.5 Å². The van der Waals surface area contributed by atoms with E-state index in [0.29, 0.717) is 13.2 Å². The van der Waals surface area contributed by atoms with Crippen LogP contribution in [0.4, 0.5) is 4.79 Å². The lowest BCUT2D eigenvalue weighted by atomic mass is 10.1. The van der Waals surface area contributed by atoms with Crippen LogP contribution in [-0.2, 0) is 11.3 Å². The molecule has 4 nitrogen and oxygen atoms in total. The van der Waals surface area contributed by atoms with Crippen LogP contribution in [-0.4, -0.2) is 17.7 Å². The molecule has 2 aromatic rings. The number of carbonyl (C=O) groups excluding carboxylic acids is 1. The molecule has 0 aliphatic rings. The average Bonchev–Trinajstić information content (AvgIpc) is 2.91. The van der Waals surface area contributed by atoms with Crippen molar-refractivity contribution in [2.75, 3.05) is 6.61 Å². The molecule has 0 bridgehead atoms. The van der Waals surface area contributed by atoms with Crippen molar-refractivity contribution in [3.05, 3.63) is 41.4 Å². The van der Waals surface area contributed by atoms with Crippen molar-refractivity contribution >= 4 is 17.4 Å². The first-order valence-corrected chi connectivity index (χ1v) is 6.57. The third-order valence-electron chi connectivity index (χ3n) is 2.38. The Morgan fingerprint density at radius 2 is 2.28 bits per heavy atom. The summed E-state index contributed by atoms with van der Waals surface area (Å²) in [5.74, 6) is 0. The van der Waals surface area contributed by atoms with Gasteiger partial charge in [-0.2, -0.15) is 0 Å². The molecule has 0 unspecified atom stereocenters. The number of nitrogens with one attached hydrogen (secondary N) is 1. The van der Waals surface area contributed by atoms with E-state index in [1.54, 1.807) is 24.5 Å². The van der Waals surface area contributed by atoms with E-state index < -0.39 is 6.09 Å².